The fraction of sp³-hybridized carbons (Fsp3) is 0.167. The molecule has 0 aliphatic carbocycles. The maximum Gasteiger partial charge on any atom is 0.166 e. The standard InChI is InChI=1S/C18H17NO2/c1-13-16-10-15(21-2)8-9-17(16)19(18(13)12-20)11-14-6-4-3-5-7-14/h3-10,12H,11H2,1-2H3. The summed E-state index contributed by atoms with van der Waals surface area (Å²) in [5, 5.41) is 1.06. The van der Waals surface area contributed by atoms with E-state index in [4.69, 9.17) is 4.74 Å². The van der Waals surface area contributed by atoms with E-state index >= 15 is 0 Å². The lowest BCUT2D eigenvalue weighted by atomic mass is 10.1. The van der Waals surface area contributed by atoms with Crippen LogP contribution in [0.25, 0.3) is 10.9 Å². The number of benzene rings is 2. The first-order chi connectivity index (χ1) is 10.2. The molecule has 3 heteroatoms. The quantitative estimate of drug-likeness (QED) is 0.680. The predicted octanol–water partition coefficient (Wildman–Crippen LogP) is 3.82. The van der Waals surface area contributed by atoms with E-state index in [0.717, 1.165) is 34.2 Å². The smallest absolute Gasteiger partial charge is 0.166 e. The molecule has 0 spiro atoms. The number of carbonyl (C=O) groups excluding carboxylic acids is 1. The van der Waals surface area contributed by atoms with E-state index in [2.05, 4.69) is 16.7 Å². The number of rotatable bonds is 4. The van der Waals surface area contributed by atoms with Gasteiger partial charge < -0.3 is 9.30 Å². The average Bonchev–Trinajstić information content (AvgIpc) is 2.80. The second-order valence-electron chi connectivity index (χ2n) is 5.08. The van der Waals surface area contributed by atoms with Crippen molar-refractivity contribution in [1.82, 2.24) is 4.57 Å². The van der Waals surface area contributed by atoms with Gasteiger partial charge in [-0.2, -0.15) is 0 Å². The van der Waals surface area contributed by atoms with Gasteiger partial charge in [0.25, 0.3) is 0 Å². The first-order valence-corrected chi connectivity index (χ1v) is 6.90. The number of ether oxygens (including phenoxy) is 1. The molecule has 3 aromatic rings. The van der Waals surface area contributed by atoms with Gasteiger partial charge in [-0.05, 0) is 36.2 Å². The van der Waals surface area contributed by atoms with Crippen molar-refractivity contribution >= 4 is 17.2 Å². The highest BCUT2D eigenvalue weighted by atomic mass is 16.5. The third-order valence-electron chi connectivity index (χ3n) is 3.87. The van der Waals surface area contributed by atoms with Gasteiger partial charge in [-0.1, -0.05) is 30.3 Å². The van der Waals surface area contributed by atoms with Crippen molar-refractivity contribution in [1.29, 1.82) is 0 Å². The van der Waals surface area contributed by atoms with Crippen LogP contribution in [-0.2, 0) is 6.54 Å². The van der Waals surface area contributed by atoms with Crippen molar-refractivity contribution in [2.24, 2.45) is 0 Å². The van der Waals surface area contributed by atoms with Gasteiger partial charge in [-0.15, -0.1) is 0 Å². The molecule has 0 radical (unpaired) electrons. The Hall–Kier alpha value is -2.55. The van der Waals surface area contributed by atoms with Gasteiger partial charge >= 0.3 is 0 Å². The second-order valence-corrected chi connectivity index (χ2v) is 5.08. The molecule has 2 aromatic carbocycles. The summed E-state index contributed by atoms with van der Waals surface area (Å²) in [6, 6.07) is 16.1. The van der Waals surface area contributed by atoms with Crippen LogP contribution >= 0.6 is 0 Å². The molecule has 0 aliphatic heterocycles. The summed E-state index contributed by atoms with van der Waals surface area (Å²) in [5.41, 5.74) is 3.95. The van der Waals surface area contributed by atoms with Crippen molar-refractivity contribution < 1.29 is 9.53 Å². The molecule has 0 saturated heterocycles. The van der Waals surface area contributed by atoms with E-state index in [0.29, 0.717) is 6.54 Å². The third-order valence-corrected chi connectivity index (χ3v) is 3.87. The number of fused-ring (bicyclic) bond motifs is 1. The average molecular weight is 279 g/mol. The monoisotopic (exact) mass is 279 g/mol. The van der Waals surface area contributed by atoms with Crippen LogP contribution < -0.4 is 4.74 Å². The minimum atomic E-state index is 0.686. The molecule has 0 aliphatic rings. The Morgan fingerprint density at radius 1 is 1.14 bits per heavy atom. The Kier molecular flexibility index (Phi) is 3.48. The third kappa shape index (κ3) is 2.31. The van der Waals surface area contributed by atoms with Gasteiger partial charge in [0.2, 0.25) is 0 Å². The molecule has 0 saturated carbocycles. The first kappa shape index (κ1) is 13.4. The lowest BCUT2D eigenvalue weighted by Crippen LogP contribution is -2.04. The van der Waals surface area contributed by atoms with Crippen LogP contribution in [0.15, 0.2) is 48.5 Å². The molecule has 0 atom stereocenters. The maximum atomic E-state index is 11.5. The Morgan fingerprint density at radius 2 is 1.90 bits per heavy atom. The summed E-state index contributed by atoms with van der Waals surface area (Å²) >= 11 is 0. The lowest BCUT2D eigenvalue weighted by Gasteiger charge is -2.08. The number of aryl methyl sites for hydroxylation is 1. The molecule has 21 heavy (non-hydrogen) atoms. The zero-order valence-corrected chi connectivity index (χ0v) is 12.2. The van der Waals surface area contributed by atoms with Crippen LogP contribution in [-0.4, -0.2) is 18.0 Å². The van der Waals surface area contributed by atoms with Crippen molar-refractivity contribution in [2.75, 3.05) is 7.11 Å². The molecular formula is C18H17NO2. The summed E-state index contributed by atoms with van der Waals surface area (Å²) in [5.74, 6) is 0.805. The van der Waals surface area contributed by atoms with Crippen LogP contribution in [0.4, 0.5) is 0 Å². The highest BCUT2D eigenvalue weighted by Gasteiger charge is 2.14. The van der Waals surface area contributed by atoms with E-state index in [1.54, 1.807) is 7.11 Å². The Morgan fingerprint density at radius 3 is 2.57 bits per heavy atom. The minimum absolute atomic E-state index is 0.686. The molecule has 0 unspecified atom stereocenters. The number of aromatic nitrogens is 1. The molecule has 3 rings (SSSR count). The van der Waals surface area contributed by atoms with E-state index in [-0.39, 0.29) is 0 Å². The van der Waals surface area contributed by atoms with Gasteiger partial charge in [0.05, 0.1) is 12.8 Å². The highest BCUT2D eigenvalue weighted by molar-refractivity contribution is 5.93. The summed E-state index contributed by atoms with van der Waals surface area (Å²) in [7, 11) is 1.65. The van der Waals surface area contributed by atoms with Crippen LogP contribution in [0.5, 0.6) is 5.75 Å². The zero-order chi connectivity index (χ0) is 14.8. The van der Waals surface area contributed by atoms with E-state index in [1.165, 1.54) is 5.56 Å². The van der Waals surface area contributed by atoms with Crippen molar-refractivity contribution in [3.05, 3.63) is 65.4 Å². The fourth-order valence-electron chi connectivity index (χ4n) is 2.74. The van der Waals surface area contributed by atoms with Crippen LogP contribution in [0.3, 0.4) is 0 Å². The molecule has 0 amide bonds. The van der Waals surface area contributed by atoms with Crippen LogP contribution in [0, 0.1) is 6.92 Å². The molecule has 3 nitrogen and oxygen atoms in total. The topological polar surface area (TPSA) is 31.2 Å². The highest BCUT2D eigenvalue weighted by Crippen LogP contribution is 2.29. The van der Waals surface area contributed by atoms with Crippen molar-refractivity contribution in [2.45, 2.75) is 13.5 Å². The summed E-state index contributed by atoms with van der Waals surface area (Å²) in [4.78, 5) is 11.5. The minimum Gasteiger partial charge on any atom is -0.497 e. The summed E-state index contributed by atoms with van der Waals surface area (Å²) in [6.07, 6.45) is 0.935. The fourth-order valence-corrected chi connectivity index (χ4v) is 2.74. The Bertz CT molecular complexity index is 788. The molecule has 1 aromatic heterocycles. The Labute approximate surface area is 123 Å². The van der Waals surface area contributed by atoms with E-state index in [1.807, 2.05) is 43.3 Å². The SMILES string of the molecule is COc1ccc2c(c1)c(C)c(C=O)n2Cc1ccccc1. The van der Waals surface area contributed by atoms with E-state index < -0.39 is 0 Å². The number of carbonyl (C=O) groups is 1. The van der Waals surface area contributed by atoms with Gasteiger partial charge in [0, 0.05) is 17.4 Å². The second kappa shape index (κ2) is 5.44. The molecule has 0 N–H and O–H groups in total. The molecule has 0 fully saturated rings. The van der Waals surface area contributed by atoms with Crippen molar-refractivity contribution in [3.63, 3.8) is 0 Å². The van der Waals surface area contributed by atoms with Gasteiger partial charge in [-0.25, -0.2) is 0 Å². The summed E-state index contributed by atoms with van der Waals surface area (Å²) in [6.45, 7) is 2.67. The van der Waals surface area contributed by atoms with Gasteiger partial charge in [-0.3, -0.25) is 4.79 Å². The van der Waals surface area contributed by atoms with Gasteiger partial charge in [0.15, 0.2) is 6.29 Å². The number of hydrogen-bond donors (Lipinski definition) is 0. The number of nitrogens with zero attached hydrogens (tertiary/aromatic N) is 1. The number of aldehydes is 1. The van der Waals surface area contributed by atoms with E-state index in [9.17, 15) is 4.79 Å². The lowest BCUT2D eigenvalue weighted by molar-refractivity contribution is 0.111. The van der Waals surface area contributed by atoms with Crippen LogP contribution in [0.1, 0.15) is 21.6 Å². The molecule has 1 heterocycles. The molecular weight excluding hydrogens is 262 g/mol. The Balaban J connectivity index is 2.18. The van der Waals surface area contributed by atoms with Crippen molar-refractivity contribution in [3.8, 4) is 5.75 Å². The maximum absolute atomic E-state index is 11.5. The van der Waals surface area contributed by atoms with Gasteiger partial charge in [0.1, 0.15) is 5.75 Å². The number of methoxy groups -OCH3 is 1. The van der Waals surface area contributed by atoms with Crippen LogP contribution in [0.2, 0.25) is 0 Å². The number of hydrogen-bond acceptors (Lipinski definition) is 2. The first-order valence-electron chi connectivity index (χ1n) is 6.90. The normalized spacial score (nSPS) is 10.8. The zero-order valence-electron chi connectivity index (χ0n) is 12.2. The molecule has 0 bridgehead atoms. The predicted molar refractivity (Wildman–Crippen MR) is 84.2 cm³/mol. The largest absolute Gasteiger partial charge is 0.497 e. The molecule has 106 valence electrons. The summed E-state index contributed by atoms with van der Waals surface area (Å²) < 4.78 is 7.34.